The number of aromatic nitrogens is 4. The summed E-state index contributed by atoms with van der Waals surface area (Å²) in [4.78, 5) is 22.5. The zero-order valence-corrected chi connectivity index (χ0v) is 20.9. The van der Waals surface area contributed by atoms with Crippen molar-refractivity contribution in [2.24, 2.45) is 0 Å². The second-order valence-electron chi connectivity index (χ2n) is 9.28. The van der Waals surface area contributed by atoms with E-state index >= 15 is 0 Å². The number of anilines is 1. The molecule has 6 rings (SSSR count). The Hall–Kier alpha value is -3.97. The monoisotopic (exact) mass is 496 g/mol. The lowest BCUT2D eigenvalue weighted by Gasteiger charge is -2.40. The van der Waals surface area contributed by atoms with E-state index in [0.717, 1.165) is 45.0 Å². The van der Waals surface area contributed by atoms with Crippen LogP contribution < -0.4 is 4.90 Å². The summed E-state index contributed by atoms with van der Waals surface area (Å²) in [5.41, 5.74) is 4.26. The Morgan fingerprint density at radius 3 is 2.58 bits per heavy atom. The number of piperazine rings is 1. The number of halogens is 1. The van der Waals surface area contributed by atoms with Crippen LogP contribution in [0.1, 0.15) is 22.8 Å². The van der Waals surface area contributed by atoms with Crippen molar-refractivity contribution in [2.75, 3.05) is 24.5 Å². The van der Waals surface area contributed by atoms with Crippen molar-refractivity contribution in [2.45, 2.75) is 19.9 Å². The second-order valence-corrected chi connectivity index (χ2v) is 9.72. The molecule has 0 N–H and O–H groups in total. The van der Waals surface area contributed by atoms with E-state index in [1.54, 1.807) is 0 Å². The highest BCUT2D eigenvalue weighted by molar-refractivity contribution is 6.31. The van der Waals surface area contributed by atoms with Gasteiger partial charge in [-0.25, -0.2) is 9.38 Å². The van der Waals surface area contributed by atoms with E-state index in [2.05, 4.69) is 22.0 Å². The van der Waals surface area contributed by atoms with E-state index in [0.29, 0.717) is 24.7 Å². The topological polar surface area (TPSA) is 66.6 Å². The minimum Gasteiger partial charge on any atom is -0.338 e. The van der Waals surface area contributed by atoms with Gasteiger partial charge in [-0.3, -0.25) is 4.79 Å². The van der Waals surface area contributed by atoms with E-state index in [1.165, 1.54) is 0 Å². The van der Waals surface area contributed by atoms with Gasteiger partial charge < -0.3 is 9.80 Å². The molecule has 2 aromatic heterocycles. The fourth-order valence-electron chi connectivity index (χ4n) is 4.96. The van der Waals surface area contributed by atoms with Crippen molar-refractivity contribution >= 4 is 40.0 Å². The third-order valence-corrected chi connectivity index (χ3v) is 6.99. The lowest BCUT2D eigenvalue weighted by atomic mass is 10.1. The molecule has 1 fully saturated rings. The summed E-state index contributed by atoms with van der Waals surface area (Å²) >= 11 is 6.31. The lowest BCUT2D eigenvalue weighted by molar-refractivity contribution is 0.0673. The van der Waals surface area contributed by atoms with Crippen LogP contribution in [0, 0.1) is 6.92 Å². The number of rotatable bonds is 3. The number of carbonyl (C=O) groups is 1. The Balaban J connectivity index is 1.42. The fourth-order valence-corrected chi connectivity index (χ4v) is 5.13. The van der Waals surface area contributed by atoms with Gasteiger partial charge in [-0.05, 0) is 44.2 Å². The van der Waals surface area contributed by atoms with Gasteiger partial charge in [-0.1, -0.05) is 59.6 Å². The molecular weight excluding hydrogens is 472 g/mol. The molecule has 5 aromatic rings. The standard InChI is InChI=1S/C28H25ClN6O/c1-18-7-6-10-21(15-18)27(36)34-14-13-33(17-19(34)2)28-30-24-16-22(29)11-12-23(24)26-32-31-25(35(26)28)20-8-4-3-5-9-20/h3-12,15-16,19H,13-14,17H2,1-2H3/t19-/m1/s1. The molecule has 8 heteroatoms. The van der Waals surface area contributed by atoms with Gasteiger partial charge in [0.1, 0.15) is 0 Å². The quantitative estimate of drug-likeness (QED) is 0.341. The van der Waals surface area contributed by atoms with Gasteiger partial charge in [0.2, 0.25) is 5.95 Å². The Bertz CT molecular complexity index is 1600. The number of hydrogen-bond donors (Lipinski definition) is 0. The molecule has 3 aromatic carbocycles. The number of hydrogen-bond acceptors (Lipinski definition) is 5. The molecule has 0 unspecified atom stereocenters. The van der Waals surface area contributed by atoms with Gasteiger partial charge in [-0.2, -0.15) is 0 Å². The first-order chi connectivity index (χ1) is 17.5. The van der Waals surface area contributed by atoms with E-state index in [9.17, 15) is 4.79 Å². The highest BCUT2D eigenvalue weighted by Crippen LogP contribution is 2.31. The predicted molar refractivity (Wildman–Crippen MR) is 143 cm³/mol. The molecule has 1 aliphatic heterocycles. The second kappa shape index (κ2) is 8.91. The number of fused-ring (bicyclic) bond motifs is 3. The normalized spacial score (nSPS) is 16.1. The van der Waals surface area contributed by atoms with Gasteiger partial charge in [0.15, 0.2) is 11.5 Å². The molecule has 1 aliphatic rings. The molecule has 1 amide bonds. The zero-order chi connectivity index (χ0) is 24.8. The molecule has 3 heterocycles. The molecule has 1 saturated heterocycles. The SMILES string of the molecule is Cc1cccc(C(=O)N2CCN(c3nc4cc(Cl)ccc4c4nnc(-c5ccccc5)n34)C[C@H]2C)c1. The molecule has 0 spiro atoms. The first-order valence-corrected chi connectivity index (χ1v) is 12.4. The summed E-state index contributed by atoms with van der Waals surface area (Å²) in [6, 6.07) is 23.4. The van der Waals surface area contributed by atoms with E-state index in [1.807, 2.05) is 89.0 Å². The maximum atomic E-state index is 13.3. The average Bonchev–Trinajstić information content (AvgIpc) is 3.33. The Morgan fingerprint density at radius 1 is 0.972 bits per heavy atom. The Labute approximate surface area is 214 Å². The highest BCUT2D eigenvalue weighted by Gasteiger charge is 2.31. The fraction of sp³-hybridized carbons (Fsp3) is 0.214. The van der Waals surface area contributed by atoms with Gasteiger partial charge in [0.05, 0.1) is 5.52 Å². The number of amides is 1. The van der Waals surface area contributed by atoms with Crippen LogP contribution in [0.4, 0.5) is 5.95 Å². The summed E-state index contributed by atoms with van der Waals surface area (Å²) in [6.45, 7) is 5.96. The highest BCUT2D eigenvalue weighted by atomic mass is 35.5. The van der Waals surface area contributed by atoms with Crippen molar-refractivity contribution in [3.8, 4) is 11.4 Å². The van der Waals surface area contributed by atoms with Crippen LogP contribution in [0.15, 0.2) is 72.8 Å². The van der Waals surface area contributed by atoms with Crippen LogP contribution in [-0.4, -0.2) is 56.1 Å². The largest absolute Gasteiger partial charge is 0.338 e. The summed E-state index contributed by atoms with van der Waals surface area (Å²) in [5, 5.41) is 10.6. The minimum absolute atomic E-state index is 0.00433. The molecule has 36 heavy (non-hydrogen) atoms. The summed E-state index contributed by atoms with van der Waals surface area (Å²) in [5.74, 6) is 1.54. The summed E-state index contributed by atoms with van der Waals surface area (Å²) < 4.78 is 2.02. The number of benzene rings is 3. The first kappa shape index (κ1) is 22.5. The summed E-state index contributed by atoms with van der Waals surface area (Å²) in [7, 11) is 0. The molecule has 1 atom stereocenters. The molecule has 0 radical (unpaired) electrons. The van der Waals surface area contributed by atoms with Crippen molar-refractivity contribution in [1.82, 2.24) is 24.5 Å². The van der Waals surface area contributed by atoms with Crippen LogP contribution in [0.3, 0.4) is 0 Å². The molecular formula is C28H25ClN6O. The van der Waals surface area contributed by atoms with Crippen LogP contribution in [0.25, 0.3) is 27.9 Å². The van der Waals surface area contributed by atoms with Crippen molar-refractivity contribution in [3.05, 3.63) is 88.9 Å². The maximum absolute atomic E-state index is 13.3. The predicted octanol–water partition coefficient (Wildman–Crippen LogP) is 5.26. The third-order valence-electron chi connectivity index (χ3n) is 6.75. The van der Waals surface area contributed by atoms with Crippen LogP contribution in [0.5, 0.6) is 0 Å². The number of aryl methyl sites for hydroxylation is 1. The van der Waals surface area contributed by atoms with E-state index in [-0.39, 0.29) is 11.9 Å². The van der Waals surface area contributed by atoms with Gasteiger partial charge in [-0.15, -0.1) is 10.2 Å². The van der Waals surface area contributed by atoms with Crippen LogP contribution in [0.2, 0.25) is 5.02 Å². The molecule has 180 valence electrons. The smallest absolute Gasteiger partial charge is 0.254 e. The van der Waals surface area contributed by atoms with Crippen molar-refractivity contribution < 1.29 is 4.79 Å². The molecule has 7 nitrogen and oxygen atoms in total. The van der Waals surface area contributed by atoms with Gasteiger partial charge >= 0.3 is 0 Å². The molecule has 0 aliphatic carbocycles. The van der Waals surface area contributed by atoms with Gasteiger partial charge in [0, 0.05) is 47.2 Å². The van der Waals surface area contributed by atoms with Crippen molar-refractivity contribution in [1.29, 1.82) is 0 Å². The van der Waals surface area contributed by atoms with Gasteiger partial charge in [0.25, 0.3) is 5.91 Å². The van der Waals surface area contributed by atoms with Crippen LogP contribution in [-0.2, 0) is 0 Å². The number of carbonyl (C=O) groups excluding carboxylic acids is 1. The number of nitrogens with zero attached hydrogens (tertiary/aromatic N) is 6. The Morgan fingerprint density at radius 2 is 1.81 bits per heavy atom. The average molecular weight is 497 g/mol. The van der Waals surface area contributed by atoms with E-state index < -0.39 is 0 Å². The summed E-state index contributed by atoms with van der Waals surface area (Å²) in [6.07, 6.45) is 0. The van der Waals surface area contributed by atoms with E-state index in [4.69, 9.17) is 16.6 Å². The minimum atomic E-state index is -0.00433. The third kappa shape index (κ3) is 3.85. The zero-order valence-electron chi connectivity index (χ0n) is 20.1. The van der Waals surface area contributed by atoms with Crippen LogP contribution >= 0.6 is 11.6 Å². The maximum Gasteiger partial charge on any atom is 0.254 e. The Kier molecular flexibility index (Phi) is 5.57. The molecule has 0 saturated carbocycles. The molecule has 0 bridgehead atoms. The lowest BCUT2D eigenvalue weighted by Crippen LogP contribution is -2.54. The van der Waals surface area contributed by atoms with Crippen molar-refractivity contribution in [3.63, 3.8) is 0 Å². The first-order valence-electron chi connectivity index (χ1n) is 12.0.